The van der Waals surface area contributed by atoms with E-state index in [4.69, 9.17) is 10.8 Å². The normalized spacial score (nSPS) is 30.8. The first-order valence-corrected chi connectivity index (χ1v) is 4.61. The molecule has 0 spiro atoms. The Morgan fingerprint density at radius 2 is 2.00 bits per heavy atom. The molecule has 1 aliphatic heterocycles. The summed E-state index contributed by atoms with van der Waals surface area (Å²) >= 11 is 0. The zero-order chi connectivity index (χ0) is 10.2. The van der Waals surface area contributed by atoms with Gasteiger partial charge in [0.25, 0.3) is 0 Å². The molecule has 0 bridgehead atoms. The van der Waals surface area contributed by atoms with E-state index in [1.165, 1.54) is 0 Å². The van der Waals surface area contributed by atoms with Crippen molar-refractivity contribution in [3.8, 4) is 0 Å². The van der Waals surface area contributed by atoms with Crippen LogP contribution in [0.15, 0.2) is 0 Å². The van der Waals surface area contributed by atoms with Gasteiger partial charge in [-0.3, -0.25) is 9.69 Å². The second-order valence-electron chi connectivity index (χ2n) is 4.58. The Bertz CT molecular complexity index is 210. The van der Waals surface area contributed by atoms with E-state index in [1.807, 2.05) is 25.7 Å². The molecule has 2 atom stereocenters. The van der Waals surface area contributed by atoms with Gasteiger partial charge in [0.05, 0.1) is 6.17 Å². The third kappa shape index (κ3) is 2.00. The standard InChI is InChI=1S/C9H18N2O2/c1-9(2,3)11-6(8(12)13)4-5-7(11)10/h6-7H,4-5,10H2,1-3H3,(H,12,13)/t6-,7?/m0/s1. The SMILES string of the molecule is CC(C)(C)N1C(N)CC[C@H]1C(=O)O. The van der Waals surface area contributed by atoms with Crippen LogP contribution in [0.4, 0.5) is 0 Å². The first kappa shape index (κ1) is 10.5. The zero-order valence-corrected chi connectivity index (χ0v) is 8.45. The van der Waals surface area contributed by atoms with Crippen LogP contribution in [0.2, 0.25) is 0 Å². The summed E-state index contributed by atoms with van der Waals surface area (Å²) < 4.78 is 0. The molecular formula is C9H18N2O2. The highest BCUT2D eigenvalue weighted by molar-refractivity contribution is 5.74. The van der Waals surface area contributed by atoms with Crippen molar-refractivity contribution in [2.24, 2.45) is 5.73 Å². The summed E-state index contributed by atoms with van der Waals surface area (Å²) in [6.07, 6.45) is 1.32. The van der Waals surface area contributed by atoms with E-state index in [1.54, 1.807) is 0 Å². The van der Waals surface area contributed by atoms with E-state index < -0.39 is 12.0 Å². The summed E-state index contributed by atoms with van der Waals surface area (Å²) in [7, 11) is 0. The summed E-state index contributed by atoms with van der Waals surface area (Å²) in [5, 5.41) is 8.97. The summed E-state index contributed by atoms with van der Waals surface area (Å²) in [5.74, 6) is -0.761. The van der Waals surface area contributed by atoms with Gasteiger partial charge in [-0.1, -0.05) is 0 Å². The number of carbonyl (C=O) groups is 1. The third-order valence-corrected chi connectivity index (χ3v) is 2.49. The Balaban J connectivity index is 2.83. The summed E-state index contributed by atoms with van der Waals surface area (Å²) in [6, 6.07) is -0.407. The van der Waals surface area contributed by atoms with Crippen LogP contribution in [-0.2, 0) is 4.79 Å². The van der Waals surface area contributed by atoms with E-state index in [2.05, 4.69) is 0 Å². The number of hydrogen-bond donors (Lipinski definition) is 2. The lowest BCUT2D eigenvalue weighted by Gasteiger charge is -2.38. The lowest BCUT2D eigenvalue weighted by molar-refractivity contribution is -0.144. The average Bonchev–Trinajstić information content (AvgIpc) is 2.28. The quantitative estimate of drug-likeness (QED) is 0.630. The monoisotopic (exact) mass is 186 g/mol. The molecule has 0 aliphatic carbocycles. The van der Waals surface area contributed by atoms with Gasteiger partial charge in [0, 0.05) is 5.54 Å². The predicted molar refractivity (Wildman–Crippen MR) is 50.2 cm³/mol. The molecule has 1 aliphatic rings. The van der Waals surface area contributed by atoms with E-state index in [0.717, 1.165) is 6.42 Å². The molecule has 4 heteroatoms. The maximum Gasteiger partial charge on any atom is 0.320 e. The molecule has 1 fully saturated rings. The highest BCUT2D eigenvalue weighted by Gasteiger charge is 2.41. The van der Waals surface area contributed by atoms with Gasteiger partial charge in [0.2, 0.25) is 0 Å². The van der Waals surface area contributed by atoms with Crippen LogP contribution in [0.1, 0.15) is 33.6 Å². The van der Waals surface area contributed by atoms with Gasteiger partial charge in [-0.25, -0.2) is 0 Å². The molecule has 1 unspecified atom stereocenters. The van der Waals surface area contributed by atoms with Crippen LogP contribution >= 0.6 is 0 Å². The van der Waals surface area contributed by atoms with Crippen molar-refractivity contribution < 1.29 is 9.90 Å². The number of aliphatic carboxylic acids is 1. The molecule has 1 saturated heterocycles. The second-order valence-corrected chi connectivity index (χ2v) is 4.58. The molecule has 0 radical (unpaired) electrons. The highest BCUT2D eigenvalue weighted by atomic mass is 16.4. The maximum absolute atomic E-state index is 10.9. The number of rotatable bonds is 1. The Kier molecular flexibility index (Phi) is 2.63. The topological polar surface area (TPSA) is 66.6 Å². The van der Waals surface area contributed by atoms with Gasteiger partial charge in [0.15, 0.2) is 0 Å². The molecule has 13 heavy (non-hydrogen) atoms. The molecule has 0 aromatic heterocycles. The van der Waals surface area contributed by atoms with Crippen molar-refractivity contribution in [3.63, 3.8) is 0 Å². The van der Waals surface area contributed by atoms with E-state index >= 15 is 0 Å². The van der Waals surface area contributed by atoms with E-state index in [-0.39, 0.29) is 11.7 Å². The minimum Gasteiger partial charge on any atom is -0.480 e. The van der Waals surface area contributed by atoms with Crippen molar-refractivity contribution in [2.45, 2.75) is 51.4 Å². The number of nitrogens with two attached hydrogens (primary N) is 1. The second kappa shape index (κ2) is 3.27. The predicted octanol–water partition coefficient (Wildman–Crippen LogP) is 0.619. The molecule has 0 saturated carbocycles. The molecule has 1 heterocycles. The third-order valence-electron chi connectivity index (χ3n) is 2.49. The number of nitrogens with zero attached hydrogens (tertiary/aromatic N) is 1. The first-order valence-electron chi connectivity index (χ1n) is 4.61. The van der Waals surface area contributed by atoms with E-state index in [0.29, 0.717) is 6.42 Å². The fourth-order valence-electron chi connectivity index (χ4n) is 2.05. The summed E-state index contributed by atoms with van der Waals surface area (Å²) in [5.41, 5.74) is 5.69. The lowest BCUT2D eigenvalue weighted by atomic mass is 10.0. The van der Waals surface area contributed by atoms with E-state index in [9.17, 15) is 4.79 Å². The molecule has 4 nitrogen and oxygen atoms in total. The fourth-order valence-corrected chi connectivity index (χ4v) is 2.05. The van der Waals surface area contributed by atoms with Gasteiger partial charge in [-0.2, -0.15) is 0 Å². The van der Waals surface area contributed by atoms with Crippen molar-refractivity contribution in [3.05, 3.63) is 0 Å². The molecule has 76 valence electrons. The molecule has 0 amide bonds. The summed E-state index contributed by atoms with van der Waals surface area (Å²) in [6.45, 7) is 5.98. The van der Waals surface area contributed by atoms with Crippen molar-refractivity contribution in [1.82, 2.24) is 4.90 Å². The van der Waals surface area contributed by atoms with Gasteiger partial charge in [-0.05, 0) is 33.6 Å². The minimum atomic E-state index is -0.761. The van der Waals surface area contributed by atoms with Crippen molar-refractivity contribution in [1.29, 1.82) is 0 Å². The molecule has 1 rings (SSSR count). The molecule has 3 N–H and O–H groups in total. The number of likely N-dealkylation sites (tertiary alicyclic amines) is 1. The van der Waals surface area contributed by atoms with Gasteiger partial charge in [-0.15, -0.1) is 0 Å². The lowest BCUT2D eigenvalue weighted by Crippen LogP contribution is -2.54. The van der Waals surface area contributed by atoms with Crippen molar-refractivity contribution >= 4 is 5.97 Å². The average molecular weight is 186 g/mol. The number of carboxylic acids is 1. The molecule has 0 aromatic rings. The molecular weight excluding hydrogens is 168 g/mol. The van der Waals surface area contributed by atoms with Crippen LogP contribution in [-0.4, -0.2) is 33.7 Å². The maximum atomic E-state index is 10.9. The van der Waals surface area contributed by atoms with Crippen LogP contribution in [0.3, 0.4) is 0 Å². The van der Waals surface area contributed by atoms with Crippen LogP contribution in [0.25, 0.3) is 0 Å². The van der Waals surface area contributed by atoms with Crippen LogP contribution in [0.5, 0.6) is 0 Å². The molecule has 0 aromatic carbocycles. The Morgan fingerprint density at radius 1 is 1.46 bits per heavy atom. The first-order chi connectivity index (χ1) is 5.84. The van der Waals surface area contributed by atoms with Crippen LogP contribution in [0, 0.1) is 0 Å². The number of hydrogen-bond acceptors (Lipinski definition) is 3. The Hall–Kier alpha value is -0.610. The summed E-state index contributed by atoms with van der Waals surface area (Å²) in [4.78, 5) is 12.8. The zero-order valence-electron chi connectivity index (χ0n) is 8.45. The van der Waals surface area contributed by atoms with Gasteiger partial charge >= 0.3 is 5.97 Å². The largest absolute Gasteiger partial charge is 0.480 e. The van der Waals surface area contributed by atoms with Crippen molar-refractivity contribution in [2.75, 3.05) is 0 Å². The number of carboxylic acid groups (broad SMARTS) is 1. The minimum absolute atomic E-state index is 0.110. The Labute approximate surface area is 78.7 Å². The van der Waals surface area contributed by atoms with Crippen LogP contribution < -0.4 is 5.73 Å². The van der Waals surface area contributed by atoms with Gasteiger partial charge < -0.3 is 10.8 Å². The Morgan fingerprint density at radius 3 is 2.31 bits per heavy atom. The fraction of sp³-hybridized carbons (Fsp3) is 0.889. The smallest absolute Gasteiger partial charge is 0.320 e. The highest BCUT2D eigenvalue weighted by Crippen LogP contribution is 2.29. The van der Waals surface area contributed by atoms with Gasteiger partial charge in [0.1, 0.15) is 6.04 Å².